The van der Waals surface area contributed by atoms with E-state index < -0.39 is 18.5 Å². The number of nitrogens with two attached hydrogens (primary N) is 1. The third-order valence-corrected chi connectivity index (χ3v) is 2.32. The number of nitrogens with zero attached hydrogens (tertiary/aromatic N) is 1. The minimum atomic E-state index is -4.49. The number of carbonyl (C=O) groups excluding carboxylic acids is 1. The molecular formula is C12H16ClF3N2O. The average molecular weight is 297 g/mol. The summed E-state index contributed by atoms with van der Waals surface area (Å²) in [4.78, 5) is 12.6. The van der Waals surface area contributed by atoms with E-state index in [9.17, 15) is 18.0 Å². The van der Waals surface area contributed by atoms with Crippen LogP contribution in [-0.2, 0) is 11.3 Å². The molecule has 0 aliphatic carbocycles. The highest BCUT2D eigenvalue weighted by Crippen LogP contribution is 2.21. The molecule has 0 aliphatic heterocycles. The normalized spacial score (nSPS) is 10.7. The van der Waals surface area contributed by atoms with Gasteiger partial charge in [0.1, 0.15) is 6.42 Å². The van der Waals surface area contributed by atoms with Gasteiger partial charge in [0, 0.05) is 19.6 Å². The van der Waals surface area contributed by atoms with E-state index in [0.717, 1.165) is 10.5 Å². The van der Waals surface area contributed by atoms with E-state index >= 15 is 0 Å². The number of benzene rings is 1. The maximum atomic E-state index is 12.2. The molecule has 1 aromatic rings. The molecule has 7 heteroatoms. The van der Waals surface area contributed by atoms with Crippen LogP contribution in [0.4, 0.5) is 13.2 Å². The number of alkyl halides is 3. The Labute approximate surface area is 116 Å². The standard InChI is InChI=1S/C12H15F3N2O.ClH/c13-12(14,15)8-11(18)17(7-6-16)9-10-4-2-1-3-5-10;/h1-5H,6-9,16H2;1H. The molecule has 1 aromatic carbocycles. The van der Waals surface area contributed by atoms with Gasteiger partial charge in [-0.25, -0.2) is 0 Å². The lowest BCUT2D eigenvalue weighted by molar-refractivity contribution is -0.161. The van der Waals surface area contributed by atoms with Crippen molar-refractivity contribution in [3.8, 4) is 0 Å². The van der Waals surface area contributed by atoms with E-state index in [2.05, 4.69) is 0 Å². The predicted molar refractivity (Wildman–Crippen MR) is 68.8 cm³/mol. The van der Waals surface area contributed by atoms with Gasteiger partial charge in [0.05, 0.1) is 0 Å². The van der Waals surface area contributed by atoms with Gasteiger partial charge < -0.3 is 10.6 Å². The smallest absolute Gasteiger partial charge is 0.337 e. The molecule has 0 aliphatic rings. The molecule has 108 valence electrons. The first kappa shape index (κ1) is 17.7. The molecule has 0 spiro atoms. The Hall–Kier alpha value is -1.27. The van der Waals surface area contributed by atoms with Crippen LogP contribution in [0.2, 0.25) is 0 Å². The number of hydrogen-bond donors (Lipinski definition) is 1. The van der Waals surface area contributed by atoms with Crippen LogP contribution in [0, 0.1) is 0 Å². The maximum absolute atomic E-state index is 12.2. The second-order valence-corrected chi connectivity index (χ2v) is 3.88. The van der Waals surface area contributed by atoms with Crippen molar-refractivity contribution in [2.24, 2.45) is 5.73 Å². The zero-order chi connectivity index (χ0) is 13.6. The van der Waals surface area contributed by atoms with Crippen molar-refractivity contribution in [3.05, 3.63) is 35.9 Å². The van der Waals surface area contributed by atoms with Gasteiger partial charge in [0.25, 0.3) is 0 Å². The third-order valence-electron chi connectivity index (χ3n) is 2.32. The second-order valence-electron chi connectivity index (χ2n) is 3.88. The molecule has 19 heavy (non-hydrogen) atoms. The Morgan fingerprint density at radius 3 is 2.26 bits per heavy atom. The Morgan fingerprint density at radius 1 is 1.21 bits per heavy atom. The zero-order valence-electron chi connectivity index (χ0n) is 10.2. The minimum absolute atomic E-state index is 0. The molecule has 2 N–H and O–H groups in total. The maximum Gasteiger partial charge on any atom is 0.397 e. The van der Waals surface area contributed by atoms with Gasteiger partial charge in [0.15, 0.2) is 0 Å². The van der Waals surface area contributed by atoms with E-state index in [4.69, 9.17) is 5.73 Å². The summed E-state index contributed by atoms with van der Waals surface area (Å²) >= 11 is 0. The van der Waals surface area contributed by atoms with Gasteiger partial charge in [-0.05, 0) is 5.56 Å². The van der Waals surface area contributed by atoms with Crippen molar-refractivity contribution in [2.75, 3.05) is 13.1 Å². The van der Waals surface area contributed by atoms with Gasteiger partial charge in [-0.3, -0.25) is 4.79 Å². The molecule has 0 aromatic heterocycles. The van der Waals surface area contributed by atoms with Crippen LogP contribution in [0.15, 0.2) is 30.3 Å². The minimum Gasteiger partial charge on any atom is -0.337 e. The van der Waals surface area contributed by atoms with Crippen molar-refractivity contribution in [1.29, 1.82) is 0 Å². The lowest BCUT2D eigenvalue weighted by atomic mass is 10.2. The summed E-state index contributed by atoms with van der Waals surface area (Å²) in [6.07, 6.45) is -5.93. The van der Waals surface area contributed by atoms with E-state index in [-0.39, 0.29) is 32.0 Å². The van der Waals surface area contributed by atoms with E-state index in [1.807, 2.05) is 0 Å². The second kappa shape index (κ2) is 8.01. The molecule has 0 radical (unpaired) electrons. The molecule has 1 amide bonds. The first-order valence-corrected chi connectivity index (χ1v) is 5.51. The fourth-order valence-electron chi connectivity index (χ4n) is 1.53. The molecule has 0 heterocycles. The van der Waals surface area contributed by atoms with Crippen molar-refractivity contribution >= 4 is 18.3 Å². The summed E-state index contributed by atoms with van der Waals surface area (Å²) in [7, 11) is 0. The molecular weight excluding hydrogens is 281 g/mol. The molecule has 0 saturated carbocycles. The van der Waals surface area contributed by atoms with Crippen molar-refractivity contribution in [2.45, 2.75) is 19.1 Å². The lowest BCUT2D eigenvalue weighted by Gasteiger charge is -2.22. The van der Waals surface area contributed by atoms with Crippen LogP contribution in [-0.4, -0.2) is 30.1 Å². The summed E-state index contributed by atoms with van der Waals surface area (Å²) < 4.78 is 36.5. The highest BCUT2D eigenvalue weighted by atomic mass is 35.5. The Morgan fingerprint density at radius 2 is 1.79 bits per heavy atom. The van der Waals surface area contributed by atoms with Gasteiger partial charge >= 0.3 is 6.18 Å². The summed E-state index contributed by atoms with van der Waals surface area (Å²) in [5.41, 5.74) is 6.09. The molecule has 0 fully saturated rings. The molecule has 0 bridgehead atoms. The fourth-order valence-corrected chi connectivity index (χ4v) is 1.53. The zero-order valence-corrected chi connectivity index (χ0v) is 11.0. The number of hydrogen-bond acceptors (Lipinski definition) is 2. The quantitative estimate of drug-likeness (QED) is 0.906. The van der Waals surface area contributed by atoms with E-state index in [1.54, 1.807) is 30.3 Å². The fraction of sp³-hybridized carbons (Fsp3) is 0.417. The van der Waals surface area contributed by atoms with Crippen LogP contribution in [0.1, 0.15) is 12.0 Å². The molecule has 0 atom stereocenters. The molecule has 0 saturated heterocycles. The highest BCUT2D eigenvalue weighted by Gasteiger charge is 2.33. The van der Waals surface area contributed by atoms with Crippen molar-refractivity contribution in [1.82, 2.24) is 4.90 Å². The topological polar surface area (TPSA) is 46.3 Å². The van der Waals surface area contributed by atoms with E-state index in [0.29, 0.717) is 0 Å². The van der Waals surface area contributed by atoms with Gasteiger partial charge in [-0.1, -0.05) is 30.3 Å². The highest BCUT2D eigenvalue weighted by molar-refractivity contribution is 5.85. The van der Waals surface area contributed by atoms with Crippen LogP contribution in [0.3, 0.4) is 0 Å². The van der Waals surface area contributed by atoms with Crippen molar-refractivity contribution in [3.63, 3.8) is 0 Å². The summed E-state index contributed by atoms with van der Waals surface area (Å²) in [6, 6.07) is 8.84. The number of carbonyl (C=O) groups is 1. The largest absolute Gasteiger partial charge is 0.397 e. The molecule has 0 unspecified atom stereocenters. The average Bonchev–Trinajstić information content (AvgIpc) is 2.27. The lowest BCUT2D eigenvalue weighted by Crippen LogP contribution is -2.37. The molecule has 1 rings (SSSR count). The number of halogens is 4. The van der Waals surface area contributed by atoms with Crippen LogP contribution >= 0.6 is 12.4 Å². The van der Waals surface area contributed by atoms with Gasteiger partial charge in [0.2, 0.25) is 5.91 Å². The number of amides is 1. The predicted octanol–water partition coefficient (Wildman–Crippen LogP) is 2.35. The van der Waals surface area contributed by atoms with Gasteiger partial charge in [-0.15, -0.1) is 12.4 Å². The van der Waals surface area contributed by atoms with Crippen LogP contribution < -0.4 is 5.73 Å². The Kier molecular flexibility index (Phi) is 7.48. The van der Waals surface area contributed by atoms with Crippen LogP contribution in [0.5, 0.6) is 0 Å². The monoisotopic (exact) mass is 296 g/mol. The van der Waals surface area contributed by atoms with E-state index in [1.165, 1.54) is 0 Å². The number of rotatable bonds is 5. The Bertz CT molecular complexity index is 384. The third kappa shape index (κ3) is 7.03. The first-order valence-electron chi connectivity index (χ1n) is 5.51. The Balaban J connectivity index is 0.00000324. The summed E-state index contributed by atoms with van der Waals surface area (Å²) in [5.74, 6) is -0.947. The SMILES string of the molecule is Cl.NCCN(Cc1ccccc1)C(=O)CC(F)(F)F. The summed E-state index contributed by atoms with van der Waals surface area (Å²) in [5, 5.41) is 0. The van der Waals surface area contributed by atoms with Crippen molar-refractivity contribution < 1.29 is 18.0 Å². The molecule has 3 nitrogen and oxygen atoms in total. The summed E-state index contributed by atoms with van der Waals surface area (Å²) in [6.45, 7) is 0.396. The first-order chi connectivity index (χ1) is 8.42. The van der Waals surface area contributed by atoms with Gasteiger partial charge in [-0.2, -0.15) is 13.2 Å². The van der Waals surface area contributed by atoms with Crippen LogP contribution in [0.25, 0.3) is 0 Å².